The summed E-state index contributed by atoms with van der Waals surface area (Å²) in [5.41, 5.74) is -3.97. The van der Waals surface area contributed by atoms with Gasteiger partial charge in [-0.05, 0) is 54.6 Å². The summed E-state index contributed by atoms with van der Waals surface area (Å²) in [5.74, 6) is -0.844. The minimum Gasteiger partial charge on any atom is -0.463 e. The zero-order valence-corrected chi connectivity index (χ0v) is 18.9. The third-order valence-corrected chi connectivity index (χ3v) is 4.89. The Hall–Kier alpha value is -4.63. The zero-order chi connectivity index (χ0) is 28.6. The Morgan fingerprint density at radius 2 is 1.44 bits per heavy atom. The molecule has 0 bridgehead atoms. The molecule has 0 aliphatic rings. The molecule has 0 fully saturated rings. The summed E-state index contributed by atoms with van der Waals surface area (Å²) >= 11 is 0. The van der Waals surface area contributed by atoms with Crippen LogP contribution in [0.5, 0.6) is 5.75 Å². The van der Waals surface area contributed by atoms with Crippen molar-refractivity contribution in [2.75, 3.05) is 10.6 Å². The first-order valence-corrected chi connectivity index (χ1v) is 10.5. The Morgan fingerprint density at radius 3 is 1.95 bits per heavy atom. The fourth-order valence-corrected chi connectivity index (χ4v) is 3.29. The fraction of sp³-hybridized carbons (Fsp3) is 0.130. The van der Waals surface area contributed by atoms with E-state index >= 15 is 0 Å². The van der Waals surface area contributed by atoms with E-state index in [2.05, 4.69) is 20.5 Å². The number of ether oxygens (including phenoxy) is 1. The number of amides is 2. The number of aromatic nitrogens is 2. The summed E-state index contributed by atoms with van der Waals surface area (Å²) in [6, 6.07) is 7.65. The molecule has 0 radical (unpaired) electrons. The molecule has 0 saturated heterocycles. The smallest absolute Gasteiger partial charge is 0.463 e. The average molecular weight is 564 g/mol. The van der Waals surface area contributed by atoms with E-state index in [-0.39, 0.29) is 29.0 Å². The molecule has 2 amide bonds. The van der Waals surface area contributed by atoms with Crippen LogP contribution in [-0.4, -0.2) is 22.2 Å². The summed E-state index contributed by atoms with van der Waals surface area (Å²) in [5, 5.41) is 8.50. The first-order chi connectivity index (χ1) is 18.1. The Bertz CT molecular complexity index is 1420. The lowest BCUT2D eigenvalue weighted by molar-refractivity contribution is -0.274. The van der Waals surface area contributed by atoms with E-state index in [1.165, 1.54) is 18.4 Å². The number of hydrogen-bond donors (Lipinski definition) is 2. The maximum Gasteiger partial charge on any atom is 0.573 e. The van der Waals surface area contributed by atoms with Crippen molar-refractivity contribution in [2.45, 2.75) is 18.7 Å². The summed E-state index contributed by atoms with van der Waals surface area (Å²) in [6.45, 7) is 0. The van der Waals surface area contributed by atoms with Crippen molar-refractivity contribution >= 4 is 17.5 Å². The molecular weight excluding hydrogens is 551 g/mol. The van der Waals surface area contributed by atoms with Gasteiger partial charge in [0.2, 0.25) is 0 Å². The molecule has 206 valence electrons. The molecule has 0 unspecified atom stereocenters. The van der Waals surface area contributed by atoms with Crippen LogP contribution >= 0.6 is 0 Å². The fourth-order valence-electron chi connectivity index (χ4n) is 3.29. The van der Waals surface area contributed by atoms with Crippen LogP contribution in [0.3, 0.4) is 0 Å². The number of benzene rings is 2. The molecule has 7 nitrogen and oxygen atoms in total. The molecule has 2 aromatic heterocycles. The lowest BCUT2D eigenvalue weighted by Gasteiger charge is -2.16. The van der Waals surface area contributed by atoms with Gasteiger partial charge in [0.15, 0.2) is 5.76 Å². The van der Waals surface area contributed by atoms with Crippen molar-refractivity contribution < 1.29 is 53.5 Å². The highest BCUT2D eigenvalue weighted by atomic mass is 19.4. The van der Waals surface area contributed by atoms with Crippen LogP contribution in [0.4, 0.5) is 55.8 Å². The van der Waals surface area contributed by atoms with Crippen molar-refractivity contribution in [3.63, 3.8) is 0 Å². The van der Waals surface area contributed by atoms with Crippen LogP contribution in [0.1, 0.15) is 11.1 Å². The number of halogens is 9. The van der Waals surface area contributed by atoms with Gasteiger partial charge in [-0.3, -0.25) is 5.32 Å². The first kappa shape index (κ1) is 27.4. The number of hydrogen-bond acceptors (Lipinski definition) is 4. The summed E-state index contributed by atoms with van der Waals surface area (Å²) in [6.07, 6.45) is -14.0. The Morgan fingerprint density at radius 1 is 0.821 bits per heavy atom. The van der Waals surface area contributed by atoms with Gasteiger partial charge in [-0.1, -0.05) is 0 Å². The van der Waals surface area contributed by atoms with Crippen LogP contribution in [-0.2, 0) is 12.4 Å². The number of nitrogens with zero attached hydrogens (tertiary/aromatic N) is 2. The Kier molecular flexibility index (Phi) is 6.97. The maximum absolute atomic E-state index is 13.4. The first-order valence-electron chi connectivity index (χ1n) is 10.5. The van der Waals surface area contributed by atoms with Crippen molar-refractivity contribution in [3.05, 3.63) is 78.1 Å². The molecule has 0 aliphatic heterocycles. The van der Waals surface area contributed by atoms with Crippen molar-refractivity contribution in [2.24, 2.45) is 0 Å². The Balaban J connectivity index is 1.68. The van der Waals surface area contributed by atoms with Crippen LogP contribution in [0.2, 0.25) is 0 Å². The summed E-state index contributed by atoms with van der Waals surface area (Å²) < 4.78 is 127. The predicted molar refractivity (Wildman–Crippen MR) is 117 cm³/mol. The van der Waals surface area contributed by atoms with Gasteiger partial charge < -0.3 is 14.5 Å². The second kappa shape index (κ2) is 9.92. The van der Waals surface area contributed by atoms with Crippen LogP contribution in [0.25, 0.3) is 17.1 Å². The molecule has 16 heteroatoms. The number of nitrogens with one attached hydrogen (secondary N) is 2. The van der Waals surface area contributed by atoms with Gasteiger partial charge in [-0.25, -0.2) is 9.48 Å². The predicted octanol–water partition coefficient (Wildman–Crippen LogP) is 7.71. The molecular formula is C23H13F9N4O3. The van der Waals surface area contributed by atoms with Gasteiger partial charge in [0.05, 0.1) is 23.1 Å². The minimum atomic E-state index is -5.14. The van der Waals surface area contributed by atoms with Crippen molar-refractivity contribution in [3.8, 4) is 22.9 Å². The topological polar surface area (TPSA) is 81.3 Å². The molecule has 0 spiro atoms. The molecule has 0 saturated carbocycles. The van der Waals surface area contributed by atoms with Crippen molar-refractivity contribution in [1.82, 2.24) is 9.78 Å². The number of carbonyl (C=O) groups excluding carboxylic acids is 1. The van der Waals surface area contributed by atoms with E-state index in [0.717, 1.165) is 30.3 Å². The van der Waals surface area contributed by atoms with Crippen LogP contribution < -0.4 is 15.4 Å². The number of urea groups is 1. The molecule has 39 heavy (non-hydrogen) atoms. The second-order valence-electron chi connectivity index (χ2n) is 7.72. The third-order valence-electron chi connectivity index (χ3n) is 4.89. The molecule has 4 rings (SSSR count). The van der Waals surface area contributed by atoms with Gasteiger partial charge in [-0.15, -0.1) is 13.2 Å². The van der Waals surface area contributed by atoms with E-state index in [0.29, 0.717) is 16.8 Å². The third kappa shape index (κ3) is 6.82. The zero-order valence-electron chi connectivity index (χ0n) is 18.9. The lowest BCUT2D eigenvalue weighted by Crippen LogP contribution is -2.22. The Labute approximate surface area is 211 Å². The molecule has 4 aromatic rings. The van der Waals surface area contributed by atoms with Crippen LogP contribution in [0, 0.1) is 0 Å². The molecule has 2 N–H and O–H groups in total. The molecule has 0 atom stereocenters. The maximum atomic E-state index is 13.4. The largest absolute Gasteiger partial charge is 0.573 e. The average Bonchev–Trinajstić information content (AvgIpc) is 3.48. The SMILES string of the molecule is O=C(Nc1ccc(OC(F)(F)F)cc1)Nc1cc(-c2ccco2)nn1-c1cc(C(F)(F)F)cc(C(F)(F)F)c1. The number of furan rings is 1. The standard InChI is InChI=1S/C23H13F9N4O3/c24-21(25,26)12-8-13(22(27,28)29)10-15(9-12)36-19(11-17(35-36)18-2-1-7-38-18)34-20(37)33-14-3-5-16(6-4-14)39-23(30,31)32/h1-11H,(H2,33,34,37). The van der Waals surface area contributed by atoms with Crippen molar-refractivity contribution in [1.29, 1.82) is 0 Å². The van der Waals surface area contributed by atoms with Gasteiger partial charge in [0, 0.05) is 11.8 Å². The van der Waals surface area contributed by atoms with E-state index in [1.54, 1.807) is 0 Å². The minimum absolute atomic E-state index is 0.0159. The number of rotatable bonds is 5. The highest BCUT2D eigenvalue weighted by Gasteiger charge is 2.37. The van der Waals surface area contributed by atoms with E-state index in [1.807, 2.05) is 0 Å². The van der Waals surface area contributed by atoms with Gasteiger partial charge >= 0.3 is 24.7 Å². The molecule has 2 heterocycles. The summed E-state index contributed by atoms with van der Waals surface area (Å²) in [4.78, 5) is 12.6. The number of anilines is 2. The van der Waals surface area contributed by atoms with Gasteiger partial charge in [0.25, 0.3) is 0 Å². The highest BCUT2D eigenvalue weighted by molar-refractivity contribution is 5.99. The van der Waals surface area contributed by atoms with E-state index in [9.17, 15) is 44.3 Å². The number of carbonyl (C=O) groups is 1. The lowest BCUT2D eigenvalue weighted by atomic mass is 10.1. The highest BCUT2D eigenvalue weighted by Crippen LogP contribution is 2.38. The van der Waals surface area contributed by atoms with Gasteiger partial charge in [0.1, 0.15) is 17.3 Å². The molecule has 0 aliphatic carbocycles. The molecule has 2 aromatic carbocycles. The normalized spacial score (nSPS) is 12.3. The van der Waals surface area contributed by atoms with Crippen LogP contribution in [0.15, 0.2) is 71.3 Å². The van der Waals surface area contributed by atoms with Gasteiger partial charge in [-0.2, -0.15) is 31.4 Å². The van der Waals surface area contributed by atoms with E-state index in [4.69, 9.17) is 4.42 Å². The monoisotopic (exact) mass is 564 g/mol. The quantitative estimate of drug-likeness (QED) is 0.243. The van der Waals surface area contributed by atoms with E-state index < -0.39 is 47.3 Å². The number of alkyl halides is 9. The summed E-state index contributed by atoms with van der Waals surface area (Å²) in [7, 11) is 0. The second-order valence-corrected chi connectivity index (χ2v) is 7.72.